The van der Waals surface area contributed by atoms with Crippen LogP contribution in [-0.4, -0.2) is 16.1 Å². The van der Waals surface area contributed by atoms with Gasteiger partial charge in [0.15, 0.2) is 0 Å². The summed E-state index contributed by atoms with van der Waals surface area (Å²) in [5, 5.41) is 8.46. The van der Waals surface area contributed by atoms with Crippen LogP contribution in [0.3, 0.4) is 0 Å². The highest BCUT2D eigenvalue weighted by atomic mass is 35.5. The molecule has 0 bridgehead atoms. The molecule has 0 aliphatic rings. The Hall–Kier alpha value is -0.970. The second kappa shape index (κ2) is 6.98. The Labute approximate surface area is 123 Å². The predicted octanol–water partition coefficient (Wildman–Crippen LogP) is 3.78. The van der Waals surface area contributed by atoms with Crippen LogP contribution in [0, 0.1) is 6.92 Å². The first kappa shape index (κ1) is 14.4. The van der Waals surface area contributed by atoms with Crippen molar-refractivity contribution in [3.63, 3.8) is 0 Å². The van der Waals surface area contributed by atoms with Gasteiger partial charge in [0.05, 0.1) is 10.6 Å². The number of benzene rings is 1. The molecule has 1 aromatic heterocycles. The second-order valence-electron chi connectivity index (χ2n) is 4.56. The highest BCUT2D eigenvalue weighted by Crippen LogP contribution is 2.24. The molecule has 1 atom stereocenters. The second-order valence-corrected chi connectivity index (χ2v) is 5.79. The highest BCUT2D eigenvalue weighted by molar-refractivity contribution is 7.05. The van der Waals surface area contributed by atoms with Gasteiger partial charge in [-0.1, -0.05) is 35.1 Å². The van der Waals surface area contributed by atoms with Crippen LogP contribution in [0.25, 0.3) is 0 Å². The van der Waals surface area contributed by atoms with E-state index in [4.69, 9.17) is 11.6 Å². The van der Waals surface area contributed by atoms with Crippen LogP contribution in [0.15, 0.2) is 24.3 Å². The summed E-state index contributed by atoms with van der Waals surface area (Å²) in [5.41, 5.74) is 2.24. The number of hydrogen-bond donors (Lipinski definition) is 1. The Morgan fingerprint density at radius 3 is 2.89 bits per heavy atom. The zero-order valence-corrected chi connectivity index (χ0v) is 12.8. The van der Waals surface area contributed by atoms with Gasteiger partial charge in [-0.25, -0.2) is 0 Å². The number of rotatable bonds is 6. The van der Waals surface area contributed by atoms with E-state index in [1.165, 1.54) is 22.0 Å². The molecule has 0 aliphatic carbocycles. The summed E-state index contributed by atoms with van der Waals surface area (Å²) in [6.45, 7) is 5.17. The molecule has 0 radical (unpaired) electrons. The van der Waals surface area contributed by atoms with Gasteiger partial charge >= 0.3 is 0 Å². The van der Waals surface area contributed by atoms with E-state index in [2.05, 4.69) is 27.9 Å². The molecule has 2 rings (SSSR count). The van der Waals surface area contributed by atoms with Crippen molar-refractivity contribution in [2.75, 3.05) is 6.54 Å². The van der Waals surface area contributed by atoms with Gasteiger partial charge in [0.25, 0.3) is 0 Å². The molecule has 1 aromatic carbocycles. The average molecular weight is 296 g/mol. The molecule has 5 heteroatoms. The van der Waals surface area contributed by atoms with Gasteiger partial charge in [0, 0.05) is 11.1 Å². The molecule has 0 saturated heterocycles. The van der Waals surface area contributed by atoms with Gasteiger partial charge in [-0.3, -0.25) is 0 Å². The number of aromatic nitrogens is 2. The number of aryl methyl sites for hydroxylation is 1. The number of halogens is 1. The molecule has 0 spiro atoms. The van der Waals surface area contributed by atoms with Crippen molar-refractivity contribution in [2.45, 2.75) is 32.7 Å². The standard InChI is InChI=1S/C14H18ClN3S/c1-3-7-16-13(14-10(2)17-18-19-14)9-11-5-4-6-12(15)8-11/h4-6,8,13,16H,3,7,9H2,1-2H3. The Kier molecular flexibility index (Phi) is 5.31. The lowest BCUT2D eigenvalue weighted by atomic mass is 10.0. The van der Waals surface area contributed by atoms with Crippen molar-refractivity contribution in [2.24, 2.45) is 0 Å². The van der Waals surface area contributed by atoms with Crippen LogP contribution < -0.4 is 5.32 Å². The van der Waals surface area contributed by atoms with Crippen molar-refractivity contribution < 1.29 is 0 Å². The van der Waals surface area contributed by atoms with Crippen LogP contribution in [0.4, 0.5) is 0 Å². The molecule has 0 saturated carbocycles. The largest absolute Gasteiger partial charge is 0.309 e. The van der Waals surface area contributed by atoms with Crippen molar-refractivity contribution >= 4 is 23.1 Å². The number of nitrogens with one attached hydrogen (secondary N) is 1. The fourth-order valence-electron chi connectivity index (χ4n) is 2.03. The van der Waals surface area contributed by atoms with Gasteiger partial charge < -0.3 is 5.32 Å². The molecule has 1 unspecified atom stereocenters. The Bertz CT molecular complexity index is 527. The maximum Gasteiger partial charge on any atom is 0.0772 e. The van der Waals surface area contributed by atoms with Gasteiger partial charge in [-0.05, 0) is 55.5 Å². The van der Waals surface area contributed by atoms with Crippen LogP contribution in [0.2, 0.25) is 5.02 Å². The summed E-state index contributed by atoms with van der Waals surface area (Å²) in [5.74, 6) is 0. The topological polar surface area (TPSA) is 37.8 Å². The third-order valence-electron chi connectivity index (χ3n) is 2.97. The third kappa shape index (κ3) is 4.00. The maximum atomic E-state index is 6.05. The monoisotopic (exact) mass is 295 g/mol. The first-order chi connectivity index (χ1) is 9.20. The van der Waals surface area contributed by atoms with Crippen molar-refractivity contribution in [3.05, 3.63) is 45.4 Å². The molecule has 2 aromatic rings. The average Bonchev–Trinajstić information content (AvgIpc) is 2.81. The van der Waals surface area contributed by atoms with E-state index in [-0.39, 0.29) is 6.04 Å². The lowest BCUT2D eigenvalue weighted by Gasteiger charge is -2.17. The van der Waals surface area contributed by atoms with Gasteiger partial charge in [0.1, 0.15) is 0 Å². The van der Waals surface area contributed by atoms with Crippen LogP contribution in [-0.2, 0) is 6.42 Å². The van der Waals surface area contributed by atoms with Gasteiger partial charge in [0.2, 0.25) is 0 Å². The molecule has 102 valence electrons. The molecular formula is C14H18ClN3S. The van der Waals surface area contributed by atoms with E-state index < -0.39 is 0 Å². The van der Waals surface area contributed by atoms with E-state index in [9.17, 15) is 0 Å². The fraction of sp³-hybridized carbons (Fsp3) is 0.429. The van der Waals surface area contributed by atoms with Crippen LogP contribution in [0.1, 0.15) is 35.5 Å². The summed E-state index contributed by atoms with van der Waals surface area (Å²) < 4.78 is 4.04. The summed E-state index contributed by atoms with van der Waals surface area (Å²) >= 11 is 7.52. The first-order valence-corrected chi connectivity index (χ1v) is 7.62. The lowest BCUT2D eigenvalue weighted by Crippen LogP contribution is -2.24. The van der Waals surface area contributed by atoms with E-state index in [0.717, 1.165) is 30.1 Å². The molecule has 0 aliphatic heterocycles. The Balaban J connectivity index is 2.16. The highest BCUT2D eigenvalue weighted by Gasteiger charge is 2.17. The third-order valence-corrected chi connectivity index (χ3v) is 4.15. The summed E-state index contributed by atoms with van der Waals surface area (Å²) in [6, 6.07) is 8.28. The smallest absolute Gasteiger partial charge is 0.0772 e. The molecule has 3 nitrogen and oxygen atoms in total. The molecule has 0 amide bonds. The maximum absolute atomic E-state index is 6.05. The summed E-state index contributed by atoms with van der Waals surface area (Å²) in [7, 11) is 0. The fourth-order valence-corrected chi connectivity index (χ4v) is 2.96. The minimum absolute atomic E-state index is 0.262. The molecule has 1 heterocycles. The van der Waals surface area contributed by atoms with E-state index >= 15 is 0 Å². The SMILES string of the molecule is CCCNC(Cc1cccc(Cl)c1)c1snnc1C. The summed E-state index contributed by atoms with van der Waals surface area (Å²) in [4.78, 5) is 1.22. The van der Waals surface area contributed by atoms with Crippen LogP contribution >= 0.6 is 23.1 Å². The van der Waals surface area contributed by atoms with E-state index in [1.807, 2.05) is 25.1 Å². The van der Waals surface area contributed by atoms with Crippen molar-refractivity contribution in [1.82, 2.24) is 14.9 Å². The number of hydrogen-bond acceptors (Lipinski definition) is 4. The molecule has 1 N–H and O–H groups in total. The Morgan fingerprint density at radius 2 is 2.26 bits per heavy atom. The zero-order valence-electron chi connectivity index (χ0n) is 11.2. The van der Waals surface area contributed by atoms with E-state index in [0.29, 0.717) is 0 Å². The van der Waals surface area contributed by atoms with E-state index in [1.54, 1.807) is 0 Å². The van der Waals surface area contributed by atoms with Gasteiger partial charge in [-0.2, -0.15) is 0 Å². The van der Waals surface area contributed by atoms with Crippen LogP contribution in [0.5, 0.6) is 0 Å². The quantitative estimate of drug-likeness (QED) is 0.881. The number of nitrogens with zero attached hydrogens (tertiary/aromatic N) is 2. The predicted molar refractivity (Wildman–Crippen MR) is 80.8 cm³/mol. The molecular weight excluding hydrogens is 278 g/mol. The first-order valence-electron chi connectivity index (χ1n) is 6.47. The zero-order chi connectivity index (χ0) is 13.7. The molecule has 0 fully saturated rings. The van der Waals surface area contributed by atoms with Crippen molar-refractivity contribution in [3.8, 4) is 0 Å². The van der Waals surface area contributed by atoms with Crippen molar-refractivity contribution in [1.29, 1.82) is 0 Å². The lowest BCUT2D eigenvalue weighted by molar-refractivity contribution is 0.533. The summed E-state index contributed by atoms with van der Waals surface area (Å²) in [6.07, 6.45) is 2.02. The minimum Gasteiger partial charge on any atom is -0.309 e. The van der Waals surface area contributed by atoms with Gasteiger partial charge in [-0.15, -0.1) is 5.10 Å². The Morgan fingerprint density at radius 1 is 1.42 bits per heavy atom. The minimum atomic E-state index is 0.262. The molecule has 19 heavy (non-hydrogen) atoms. The normalized spacial score (nSPS) is 12.6.